The molecule has 0 fully saturated rings. The van der Waals surface area contributed by atoms with E-state index in [1.807, 2.05) is 32.0 Å². The number of hydrogen-bond donors (Lipinski definition) is 4. The van der Waals surface area contributed by atoms with E-state index < -0.39 is 11.3 Å². The fraction of sp³-hybridized carbons (Fsp3) is 0.444. The molecular formula is C18H26N4O3S. The van der Waals surface area contributed by atoms with Gasteiger partial charge in [0.15, 0.2) is 5.11 Å². The van der Waals surface area contributed by atoms with Gasteiger partial charge in [-0.05, 0) is 49.3 Å². The number of thiocarbonyl (C=S) groups is 1. The summed E-state index contributed by atoms with van der Waals surface area (Å²) in [5.41, 5.74) is 7.11. The fourth-order valence-electron chi connectivity index (χ4n) is 1.78. The van der Waals surface area contributed by atoms with Gasteiger partial charge in [0.25, 0.3) is 0 Å². The van der Waals surface area contributed by atoms with Gasteiger partial charge < -0.3 is 10.6 Å². The lowest BCUT2D eigenvalue weighted by Crippen LogP contribution is -2.50. The minimum absolute atomic E-state index is 0.00198. The molecular weight excluding hydrogens is 352 g/mol. The van der Waals surface area contributed by atoms with Gasteiger partial charge in [0, 0.05) is 23.9 Å². The van der Waals surface area contributed by atoms with E-state index in [2.05, 4.69) is 21.5 Å². The zero-order valence-electron chi connectivity index (χ0n) is 15.8. The second-order valence-electron chi connectivity index (χ2n) is 7.05. The van der Waals surface area contributed by atoms with Crippen molar-refractivity contribution in [2.75, 3.05) is 5.32 Å². The van der Waals surface area contributed by atoms with Crippen LogP contribution >= 0.6 is 12.2 Å². The SMILES string of the molecule is Cc1ccc(NC(=O)CCC(=O)NNC(=S)NC(=O)C(C)(C)C)cc1C. The summed E-state index contributed by atoms with van der Waals surface area (Å²) in [6.07, 6.45) is 0.0149. The third-order valence-electron chi connectivity index (χ3n) is 3.59. The van der Waals surface area contributed by atoms with E-state index in [9.17, 15) is 14.4 Å². The molecule has 0 radical (unpaired) electrons. The zero-order chi connectivity index (χ0) is 19.9. The molecule has 1 rings (SSSR count). The number of amides is 3. The monoisotopic (exact) mass is 378 g/mol. The number of aryl methyl sites for hydroxylation is 2. The van der Waals surface area contributed by atoms with Gasteiger partial charge in [0.2, 0.25) is 17.7 Å². The van der Waals surface area contributed by atoms with E-state index in [-0.39, 0.29) is 29.8 Å². The van der Waals surface area contributed by atoms with Gasteiger partial charge in [-0.25, -0.2) is 0 Å². The molecule has 8 heteroatoms. The first-order valence-corrected chi connectivity index (χ1v) is 8.67. The third kappa shape index (κ3) is 7.60. The Bertz CT molecular complexity index is 711. The second kappa shape index (κ2) is 9.28. The second-order valence-corrected chi connectivity index (χ2v) is 7.46. The summed E-state index contributed by atoms with van der Waals surface area (Å²) >= 11 is 4.93. The van der Waals surface area contributed by atoms with Gasteiger partial charge in [-0.3, -0.25) is 25.2 Å². The van der Waals surface area contributed by atoms with Gasteiger partial charge in [-0.1, -0.05) is 26.8 Å². The number of anilines is 1. The maximum atomic E-state index is 11.9. The standard InChI is InChI=1S/C18H26N4O3S/c1-11-6-7-13(10-12(11)2)19-14(23)8-9-15(24)21-22-17(26)20-16(25)18(3,4)5/h6-7,10H,8-9H2,1-5H3,(H,19,23)(H,21,24)(H2,20,22,25,26). The largest absolute Gasteiger partial charge is 0.326 e. The summed E-state index contributed by atoms with van der Waals surface area (Å²) in [4.78, 5) is 35.4. The van der Waals surface area contributed by atoms with Crippen molar-refractivity contribution in [3.63, 3.8) is 0 Å². The highest BCUT2D eigenvalue weighted by atomic mass is 32.1. The minimum atomic E-state index is -0.595. The molecule has 26 heavy (non-hydrogen) atoms. The molecule has 7 nitrogen and oxygen atoms in total. The van der Waals surface area contributed by atoms with Crippen molar-refractivity contribution in [2.24, 2.45) is 5.41 Å². The average molecular weight is 378 g/mol. The van der Waals surface area contributed by atoms with E-state index in [1.165, 1.54) is 0 Å². The molecule has 0 unspecified atom stereocenters. The van der Waals surface area contributed by atoms with Crippen LogP contribution in [0.5, 0.6) is 0 Å². The maximum Gasteiger partial charge on any atom is 0.238 e. The van der Waals surface area contributed by atoms with Gasteiger partial charge in [0.1, 0.15) is 0 Å². The van der Waals surface area contributed by atoms with E-state index in [0.717, 1.165) is 11.1 Å². The van der Waals surface area contributed by atoms with Crippen LogP contribution in [0.2, 0.25) is 0 Å². The molecule has 4 N–H and O–H groups in total. The van der Waals surface area contributed by atoms with Crippen LogP contribution in [-0.4, -0.2) is 22.8 Å². The van der Waals surface area contributed by atoms with Crippen LogP contribution in [-0.2, 0) is 14.4 Å². The van der Waals surface area contributed by atoms with Crippen molar-refractivity contribution in [2.45, 2.75) is 47.5 Å². The van der Waals surface area contributed by atoms with Crippen LogP contribution in [0.3, 0.4) is 0 Å². The number of carbonyl (C=O) groups excluding carboxylic acids is 3. The number of hydrazine groups is 1. The Morgan fingerprint density at radius 2 is 1.58 bits per heavy atom. The Morgan fingerprint density at radius 1 is 0.962 bits per heavy atom. The number of rotatable bonds is 4. The summed E-state index contributed by atoms with van der Waals surface area (Å²) < 4.78 is 0. The average Bonchev–Trinajstić information content (AvgIpc) is 2.53. The number of carbonyl (C=O) groups is 3. The van der Waals surface area contributed by atoms with Gasteiger partial charge in [0.05, 0.1) is 0 Å². The fourth-order valence-corrected chi connectivity index (χ4v) is 1.92. The van der Waals surface area contributed by atoms with Crippen LogP contribution in [0.25, 0.3) is 0 Å². The number of nitrogens with one attached hydrogen (secondary N) is 4. The van der Waals surface area contributed by atoms with E-state index in [4.69, 9.17) is 12.2 Å². The highest BCUT2D eigenvalue weighted by Gasteiger charge is 2.22. The molecule has 0 saturated heterocycles. The summed E-state index contributed by atoms with van der Waals surface area (Å²) in [7, 11) is 0. The molecule has 0 saturated carbocycles. The third-order valence-corrected chi connectivity index (χ3v) is 3.80. The normalized spacial score (nSPS) is 10.7. The highest BCUT2D eigenvalue weighted by Crippen LogP contribution is 2.14. The molecule has 1 aromatic carbocycles. The lowest BCUT2D eigenvalue weighted by atomic mass is 9.96. The van der Waals surface area contributed by atoms with Crippen molar-refractivity contribution < 1.29 is 14.4 Å². The van der Waals surface area contributed by atoms with Crippen LogP contribution in [0.15, 0.2) is 18.2 Å². The molecule has 3 amide bonds. The molecule has 0 spiro atoms. The molecule has 0 aliphatic carbocycles. The molecule has 0 aromatic heterocycles. The summed E-state index contributed by atoms with van der Waals surface area (Å²) in [6, 6.07) is 5.62. The van der Waals surface area contributed by atoms with Crippen LogP contribution in [0.1, 0.15) is 44.7 Å². The predicted molar refractivity (Wildman–Crippen MR) is 105 cm³/mol. The van der Waals surface area contributed by atoms with Crippen molar-refractivity contribution in [3.8, 4) is 0 Å². The molecule has 1 aromatic rings. The molecule has 0 heterocycles. The first-order valence-electron chi connectivity index (χ1n) is 8.26. The van der Waals surface area contributed by atoms with E-state index in [0.29, 0.717) is 5.69 Å². The van der Waals surface area contributed by atoms with E-state index >= 15 is 0 Å². The Kier molecular flexibility index (Phi) is 7.70. The summed E-state index contributed by atoms with van der Waals surface area (Å²) in [5.74, 6) is -0.934. The molecule has 142 valence electrons. The topological polar surface area (TPSA) is 99.3 Å². The van der Waals surface area contributed by atoms with Gasteiger partial charge >= 0.3 is 0 Å². The van der Waals surface area contributed by atoms with Crippen molar-refractivity contribution in [3.05, 3.63) is 29.3 Å². The zero-order valence-corrected chi connectivity index (χ0v) is 16.6. The quantitative estimate of drug-likeness (QED) is 0.475. The predicted octanol–water partition coefficient (Wildman–Crippen LogP) is 2.09. The van der Waals surface area contributed by atoms with Gasteiger partial charge in [-0.15, -0.1) is 0 Å². The van der Waals surface area contributed by atoms with Crippen molar-refractivity contribution >= 4 is 40.7 Å². The lowest BCUT2D eigenvalue weighted by Gasteiger charge is -2.18. The molecule has 0 bridgehead atoms. The molecule has 0 aliphatic rings. The first-order chi connectivity index (χ1) is 12.0. The van der Waals surface area contributed by atoms with Crippen LogP contribution in [0, 0.1) is 19.3 Å². The number of hydrogen-bond acceptors (Lipinski definition) is 4. The summed E-state index contributed by atoms with van der Waals surface area (Å²) in [5, 5.41) is 5.22. The molecule has 0 atom stereocenters. The maximum absolute atomic E-state index is 11.9. The number of benzene rings is 1. The first kappa shape index (κ1) is 21.6. The Labute approximate surface area is 159 Å². The lowest BCUT2D eigenvalue weighted by molar-refractivity contribution is -0.127. The van der Waals surface area contributed by atoms with Crippen LogP contribution in [0.4, 0.5) is 5.69 Å². The van der Waals surface area contributed by atoms with Crippen molar-refractivity contribution in [1.82, 2.24) is 16.2 Å². The Balaban J connectivity index is 2.33. The van der Waals surface area contributed by atoms with E-state index in [1.54, 1.807) is 20.8 Å². The minimum Gasteiger partial charge on any atom is -0.326 e. The van der Waals surface area contributed by atoms with Crippen molar-refractivity contribution in [1.29, 1.82) is 0 Å². The Hall–Kier alpha value is -2.48. The van der Waals surface area contributed by atoms with Gasteiger partial charge in [-0.2, -0.15) is 0 Å². The van der Waals surface area contributed by atoms with Crippen LogP contribution < -0.4 is 21.5 Å². The Morgan fingerprint density at radius 3 is 2.15 bits per heavy atom. The highest BCUT2D eigenvalue weighted by molar-refractivity contribution is 7.80. The molecule has 0 aliphatic heterocycles. The summed E-state index contributed by atoms with van der Waals surface area (Å²) in [6.45, 7) is 9.20. The smallest absolute Gasteiger partial charge is 0.238 e.